The fourth-order valence-electron chi connectivity index (χ4n) is 2.62. The van der Waals surface area contributed by atoms with Crippen molar-refractivity contribution in [2.45, 2.75) is 45.8 Å². The van der Waals surface area contributed by atoms with E-state index < -0.39 is 0 Å². The van der Waals surface area contributed by atoms with Crippen molar-refractivity contribution in [2.75, 3.05) is 18.0 Å². The first-order valence-corrected chi connectivity index (χ1v) is 8.29. The van der Waals surface area contributed by atoms with Gasteiger partial charge in [0.15, 0.2) is 0 Å². The van der Waals surface area contributed by atoms with Gasteiger partial charge < -0.3 is 15.5 Å². The summed E-state index contributed by atoms with van der Waals surface area (Å²) in [4.78, 5) is 13.5. The van der Waals surface area contributed by atoms with E-state index in [-0.39, 0.29) is 11.9 Å². The predicted octanol–water partition coefficient (Wildman–Crippen LogP) is 2.66. The molecule has 1 aliphatic rings. The Bertz CT molecular complexity index is 504. The summed E-state index contributed by atoms with van der Waals surface area (Å²) in [6.45, 7) is 8.61. The lowest BCUT2D eigenvalue weighted by atomic mass is 10.2. The number of nitrogens with one attached hydrogen (secondary N) is 2. The average Bonchev–Trinajstić information content (AvgIpc) is 2.83. The number of carbonyl (C=O) groups excluding carboxylic acids is 1. The molecule has 0 saturated carbocycles. The van der Waals surface area contributed by atoms with Crippen LogP contribution >= 0.6 is 15.9 Å². The summed E-state index contributed by atoms with van der Waals surface area (Å²) in [5, 5.41) is 6.42. The Morgan fingerprint density at radius 1 is 1.48 bits per heavy atom. The van der Waals surface area contributed by atoms with Gasteiger partial charge in [-0.25, -0.2) is 0 Å². The molecular formula is C16H24BrN3O. The van der Waals surface area contributed by atoms with Crippen LogP contribution in [0.15, 0.2) is 22.7 Å². The van der Waals surface area contributed by atoms with E-state index in [1.165, 1.54) is 11.3 Å². The van der Waals surface area contributed by atoms with Crippen molar-refractivity contribution in [1.82, 2.24) is 10.6 Å². The van der Waals surface area contributed by atoms with Crippen LogP contribution in [0.25, 0.3) is 0 Å². The standard InChI is InChI=1S/C16H24BrN3O/c1-11(2)18-9-13-4-5-16(15(17)8-13)20-7-6-14(10-20)19-12(3)21/h4-5,8,11,14,18H,6-7,9-10H2,1-3H3,(H,19,21). The summed E-state index contributed by atoms with van der Waals surface area (Å²) in [7, 11) is 0. The van der Waals surface area contributed by atoms with Crippen molar-refractivity contribution >= 4 is 27.5 Å². The van der Waals surface area contributed by atoms with E-state index in [1.807, 2.05) is 0 Å². The molecule has 1 unspecified atom stereocenters. The molecule has 5 heteroatoms. The van der Waals surface area contributed by atoms with E-state index in [4.69, 9.17) is 0 Å². The molecule has 1 aliphatic heterocycles. The van der Waals surface area contributed by atoms with Crippen LogP contribution in [0.3, 0.4) is 0 Å². The first-order valence-electron chi connectivity index (χ1n) is 7.49. The van der Waals surface area contributed by atoms with Gasteiger partial charge in [-0.2, -0.15) is 0 Å². The lowest BCUT2D eigenvalue weighted by molar-refractivity contribution is -0.119. The maximum atomic E-state index is 11.1. The Morgan fingerprint density at radius 2 is 2.24 bits per heavy atom. The minimum Gasteiger partial charge on any atom is -0.368 e. The fraction of sp³-hybridized carbons (Fsp3) is 0.562. The molecule has 4 nitrogen and oxygen atoms in total. The highest BCUT2D eigenvalue weighted by molar-refractivity contribution is 9.10. The number of hydrogen-bond donors (Lipinski definition) is 2. The van der Waals surface area contributed by atoms with Crippen molar-refractivity contribution in [1.29, 1.82) is 0 Å². The second-order valence-electron chi connectivity index (χ2n) is 5.95. The number of amides is 1. The number of nitrogens with zero attached hydrogens (tertiary/aromatic N) is 1. The van der Waals surface area contributed by atoms with E-state index in [2.05, 4.69) is 63.5 Å². The second kappa shape index (κ2) is 7.27. The lowest BCUT2D eigenvalue weighted by Crippen LogP contribution is -2.35. The van der Waals surface area contributed by atoms with Gasteiger partial charge in [0.1, 0.15) is 0 Å². The number of halogens is 1. The molecule has 0 spiro atoms. The van der Waals surface area contributed by atoms with E-state index in [1.54, 1.807) is 6.92 Å². The van der Waals surface area contributed by atoms with Gasteiger partial charge in [0, 0.05) is 43.1 Å². The smallest absolute Gasteiger partial charge is 0.217 e. The molecule has 1 aromatic carbocycles. The lowest BCUT2D eigenvalue weighted by Gasteiger charge is -2.21. The Balaban J connectivity index is 1.99. The van der Waals surface area contributed by atoms with Crippen LogP contribution in [0.4, 0.5) is 5.69 Å². The van der Waals surface area contributed by atoms with Crippen LogP contribution in [0.1, 0.15) is 32.8 Å². The van der Waals surface area contributed by atoms with Crippen molar-refractivity contribution in [3.63, 3.8) is 0 Å². The van der Waals surface area contributed by atoms with E-state index in [9.17, 15) is 4.79 Å². The summed E-state index contributed by atoms with van der Waals surface area (Å²) >= 11 is 3.68. The molecule has 1 saturated heterocycles. The van der Waals surface area contributed by atoms with Crippen LogP contribution in [0, 0.1) is 0 Å². The molecule has 2 rings (SSSR count). The largest absolute Gasteiger partial charge is 0.368 e. The van der Waals surface area contributed by atoms with Gasteiger partial charge in [-0.1, -0.05) is 19.9 Å². The van der Waals surface area contributed by atoms with Crippen LogP contribution < -0.4 is 15.5 Å². The molecular weight excluding hydrogens is 330 g/mol. The summed E-state index contributed by atoms with van der Waals surface area (Å²) in [5.74, 6) is 0.0519. The summed E-state index contributed by atoms with van der Waals surface area (Å²) in [6, 6.07) is 7.26. The molecule has 0 bridgehead atoms. The molecule has 21 heavy (non-hydrogen) atoms. The highest BCUT2D eigenvalue weighted by atomic mass is 79.9. The normalized spacial score (nSPS) is 18.3. The Hall–Kier alpha value is -1.07. The minimum atomic E-state index is 0.0519. The summed E-state index contributed by atoms with van der Waals surface area (Å²) in [5.41, 5.74) is 2.48. The van der Waals surface area contributed by atoms with Gasteiger partial charge in [0.05, 0.1) is 5.69 Å². The van der Waals surface area contributed by atoms with E-state index in [0.717, 1.165) is 30.5 Å². The molecule has 1 heterocycles. The fourth-order valence-corrected chi connectivity index (χ4v) is 3.30. The third-order valence-corrected chi connectivity index (χ3v) is 4.30. The zero-order valence-electron chi connectivity index (χ0n) is 12.9. The molecule has 1 atom stereocenters. The number of benzene rings is 1. The number of carbonyl (C=O) groups is 1. The maximum Gasteiger partial charge on any atom is 0.217 e. The third kappa shape index (κ3) is 4.71. The van der Waals surface area contributed by atoms with Crippen LogP contribution in [0.5, 0.6) is 0 Å². The molecule has 1 fully saturated rings. The zero-order valence-corrected chi connectivity index (χ0v) is 14.5. The second-order valence-corrected chi connectivity index (χ2v) is 6.81. The topological polar surface area (TPSA) is 44.4 Å². The van der Waals surface area contributed by atoms with Crippen molar-refractivity contribution in [3.05, 3.63) is 28.2 Å². The first kappa shape index (κ1) is 16.3. The van der Waals surface area contributed by atoms with Gasteiger partial charge in [-0.05, 0) is 40.0 Å². The highest BCUT2D eigenvalue weighted by Crippen LogP contribution is 2.30. The predicted molar refractivity (Wildman–Crippen MR) is 90.6 cm³/mol. The molecule has 116 valence electrons. The quantitative estimate of drug-likeness (QED) is 0.855. The van der Waals surface area contributed by atoms with Gasteiger partial charge in [0.25, 0.3) is 0 Å². The van der Waals surface area contributed by atoms with Crippen LogP contribution in [0.2, 0.25) is 0 Å². The van der Waals surface area contributed by atoms with Gasteiger partial charge >= 0.3 is 0 Å². The van der Waals surface area contributed by atoms with Crippen LogP contribution in [-0.2, 0) is 11.3 Å². The minimum absolute atomic E-state index is 0.0519. The monoisotopic (exact) mass is 353 g/mol. The van der Waals surface area contributed by atoms with E-state index in [0.29, 0.717) is 6.04 Å². The number of anilines is 1. The van der Waals surface area contributed by atoms with E-state index >= 15 is 0 Å². The first-order chi connectivity index (χ1) is 9.95. The van der Waals surface area contributed by atoms with Gasteiger partial charge in [-0.3, -0.25) is 4.79 Å². The summed E-state index contributed by atoms with van der Waals surface area (Å²) < 4.78 is 1.12. The Kier molecular flexibility index (Phi) is 5.65. The molecule has 1 amide bonds. The van der Waals surface area contributed by atoms with Crippen molar-refractivity contribution in [2.24, 2.45) is 0 Å². The summed E-state index contributed by atoms with van der Waals surface area (Å²) in [6.07, 6.45) is 1.00. The number of rotatable bonds is 5. The Morgan fingerprint density at radius 3 is 2.86 bits per heavy atom. The number of hydrogen-bond acceptors (Lipinski definition) is 3. The molecule has 0 radical (unpaired) electrons. The Labute approximate surface area is 135 Å². The zero-order chi connectivity index (χ0) is 15.4. The molecule has 2 N–H and O–H groups in total. The van der Waals surface area contributed by atoms with Gasteiger partial charge in [0.2, 0.25) is 5.91 Å². The molecule has 0 aromatic heterocycles. The molecule has 0 aliphatic carbocycles. The average molecular weight is 354 g/mol. The SMILES string of the molecule is CC(=O)NC1CCN(c2ccc(CNC(C)C)cc2Br)C1. The van der Waals surface area contributed by atoms with Crippen molar-refractivity contribution < 1.29 is 4.79 Å². The van der Waals surface area contributed by atoms with Crippen molar-refractivity contribution in [3.8, 4) is 0 Å². The molecule has 1 aromatic rings. The maximum absolute atomic E-state index is 11.1. The van der Waals surface area contributed by atoms with Gasteiger partial charge in [-0.15, -0.1) is 0 Å². The van der Waals surface area contributed by atoms with Crippen LogP contribution in [-0.4, -0.2) is 31.1 Å². The third-order valence-electron chi connectivity index (χ3n) is 3.66. The highest BCUT2D eigenvalue weighted by Gasteiger charge is 2.24.